The van der Waals surface area contributed by atoms with Crippen LogP contribution in [0.15, 0.2) is 0 Å². The van der Waals surface area contributed by atoms with Crippen molar-refractivity contribution in [2.45, 2.75) is 0 Å². The number of hydrogen-bond donors (Lipinski definition) is 0. The van der Waals surface area contributed by atoms with Crippen molar-refractivity contribution in [1.29, 1.82) is 0 Å². The summed E-state index contributed by atoms with van der Waals surface area (Å²) in [6, 6.07) is 0. The van der Waals surface area contributed by atoms with Gasteiger partial charge in [-0.15, -0.1) is 0 Å². The van der Waals surface area contributed by atoms with Gasteiger partial charge in [0, 0.05) is 0 Å². The Bertz CT molecular complexity index is 6.00. The summed E-state index contributed by atoms with van der Waals surface area (Å²) in [6.07, 6.45) is 0. The molecular formula is O2TbTi+3. The van der Waals surface area contributed by atoms with Gasteiger partial charge in [-0.2, -0.15) is 0 Å². The molecule has 0 rings (SSSR count). The zero-order valence-electron chi connectivity index (χ0n) is 1.65. The van der Waals surface area contributed by atoms with Gasteiger partial charge in [-0.05, 0) is 0 Å². The van der Waals surface area contributed by atoms with E-state index in [9.17, 15) is 0 Å². The molecule has 0 saturated carbocycles. The molecule has 0 aliphatic carbocycles. The van der Waals surface area contributed by atoms with E-state index in [1.54, 1.807) is 0 Å². The Morgan fingerprint density at radius 2 is 0.750 bits per heavy atom. The maximum Gasteiger partial charge on any atom is 4.00 e. The van der Waals surface area contributed by atoms with Gasteiger partial charge in [-0.1, -0.05) is 0 Å². The van der Waals surface area contributed by atoms with Crippen molar-refractivity contribution in [1.82, 2.24) is 0 Å². The molecule has 0 aromatic heterocycles. The first kappa shape index (κ1) is 38.9. The van der Waals surface area contributed by atoms with Crippen LogP contribution in [-0.2, 0) is 32.7 Å². The summed E-state index contributed by atoms with van der Waals surface area (Å²) < 4.78 is 0. The van der Waals surface area contributed by atoms with Gasteiger partial charge in [0.05, 0.1) is 0 Å². The summed E-state index contributed by atoms with van der Waals surface area (Å²) in [5.41, 5.74) is 0. The summed E-state index contributed by atoms with van der Waals surface area (Å²) in [4.78, 5) is 0. The molecule has 0 radical (unpaired) electrons. The third kappa shape index (κ3) is 9.07. The van der Waals surface area contributed by atoms with Crippen LogP contribution in [0.3, 0.4) is 0 Å². The van der Waals surface area contributed by atoms with Crippen molar-refractivity contribution in [3.8, 4) is 0 Å². The zero-order valence-corrected chi connectivity index (χ0v) is 5.35. The van der Waals surface area contributed by atoms with E-state index >= 15 is 0 Å². The average molecular weight is 239 g/mol. The fraction of sp³-hybridized carbons (Fsp3) is 0. The molecule has 0 aromatic rings. The molecule has 0 aliphatic rings. The molecule has 0 unspecified atom stereocenters. The van der Waals surface area contributed by atoms with Crippen LogP contribution in [0.25, 0.3) is 0 Å². The summed E-state index contributed by atoms with van der Waals surface area (Å²) in [5.74, 6) is 0. The second-order valence-corrected chi connectivity index (χ2v) is 0. The van der Waals surface area contributed by atoms with Crippen LogP contribution in [0.2, 0.25) is 0 Å². The third-order valence-corrected chi connectivity index (χ3v) is 0. The van der Waals surface area contributed by atoms with E-state index in [0.717, 1.165) is 0 Å². The van der Waals surface area contributed by atoms with Crippen molar-refractivity contribution < 1.29 is 71.3 Å². The van der Waals surface area contributed by atoms with Crippen molar-refractivity contribution >= 4 is 0 Å². The molecule has 22 valence electrons. The van der Waals surface area contributed by atoms with Gasteiger partial charge in [0.2, 0.25) is 0 Å². The van der Waals surface area contributed by atoms with Crippen molar-refractivity contribution in [3.05, 3.63) is 0 Å². The van der Waals surface area contributed by atoms with Gasteiger partial charge < -0.3 is 11.0 Å². The van der Waals surface area contributed by atoms with Crippen LogP contribution in [-0.4, -0.2) is 0 Å². The Hall–Kier alpha value is 1.92. The first-order chi connectivity index (χ1) is 0. The molecule has 0 aliphatic heterocycles. The SMILES string of the molecule is [O-2].[O-2].[Tb+3].[Ti+4]. The Balaban J connectivity index is 0. The Labute approximate surface area is 70.3 Å². The maximum absolute atomic E-state index is 0. The van der Waals surface area contributed by atoms with E-state index in [1.165, 1.54) is 0 Å². The fourth-order valence-corrected chi connectivity index (χ4v) is 0. The molecule has 0 fully saturated rings. The van der Waals surface area contributed by atoms with Crippen molar-refractivity contribution in [3.63, 3.8) is 0 Å². The predicted octanol–water partition coefficient (Wildman–Crippen LogP) is -0.240. The molecule has 0 atom stereocenters. The van der Waals surface area contributed by atoms with Gasteiger partial charge in [0.1, 0.15) is 0 Å². The molecular weight excluding hydrogens is 239 g/mol. The zero-order chi connectivity index (χ0) is 0. The Morgan fingerprint density at radius 3 is 0.750 bits per heavy atom. The first-order valence-electron chi connectivity index (χ1n) is 0. The molecule has 0 N–H and O–H groups in total. The second-order valence-electron chi connectivity index (χ2n) is 0. The standard InChI is InChI=1S/2O.Tb.Ti/q2*-2;+3;+4. The van der Waals surface area contributed by atoms with E-state index in [0.29, 0.717) is 0 Å². The fourth-order valence-electron chi connectivity index (χ4n) is 0. The summed E-state index contributed by atoms with van der Waals surface area (Å²) in [6.45, 7) is 0. The maximum atomic E-state index is 0. The molecule has 4 heavy (non-hydrogen) atoms. The van der Waals surface area contributed by atoms with Gasteiger partial charge in [0.25, 0.3) is 0 Å². The van der Waals surface area contributed by atoms with Crippen LogP contribution in [0.1, 0.15) is 0 Å². The van der Waals surface area contributed by atoms with Gasteiger partial charge in [0.15, 0.2) is 0 Å². The van der Waals surface area contributed by atoms with E-state index in [-0.39, 0.29) is 71.3 Å². The minimum absolute atomic E-state index is 0. The molecule has 0 aromatic carbocycles. The summed E-state index contributed by atoms with van der Waals surface area (Å²) >= 11 is 0. The summed E-state index contributed by atoms with van der Waals surface area (Å²) in [5, 5.41) is 0. The number of hydrogen-bond acceptors (Lipinski definition) is 0. The second kappa shape index (κ2) is 20.5. The third-order valence-electron chi connectivity index (χ3n) is 0. The van der Waals surface area contributed by atoms with Crippen molar-refractivity contribution in [2.75, 3.05) is 0 Å². The molecule has 0 spiro atoms. The smallest absolute Gasteiger partial charge is 2.00 e. The molecule has 0 heterocycles. The largest absolute Gasteiger partial charge is 4.00 e. The first-order valence-corrected chi connectivity index (χ1v) is 0. The summed E-state index contributed by atoms with van der Waals surface area (Å²) in [7, 11) is 0. The monoisotopic (exact) mass is 239 g/mol. The van der Waals surface area contributed by atoms with Gasteiger partial charge >= 0.3 is 60.3 Å². The van der Waals surface area contributed by atoms with E-state index in [2.05, 4.69) is 0 Å². The van der Waals surface area contributed by atoms with Gasteiger partial charge in [-0.3, -0.25) is 0 Å². The molecule has 2 nitrogen and oxygen atoms in total. The predicted molar refractivity (Wildman–Crippen MR) is 1.37 cm³/mol. The minimum Gasteiger partial charge on any atom is -2.00 e. The minimum atomic E-state index is 0. The molecule has 4 heteroatoms. The van der Waals surface area contributed by atoms with Crippen LogP contribution >= 0.6 is 0 Å². The average Bonchev–Trinajstić information content (AvgIpc) is 0. The van der Waals surface area contributed by atoms with Crippen LogP contribution in [0.4, 0.5) is 0 Å². The Morgan fingerprint density at radius 1 is 0.750 bits per heavy atom. The van der Waals surface area contributed by atoms with E-state index in [1.807, 2.05) is 0 Å². The van der Waals surface area contributed by atoms with E-state index in [4.69, 9.17) is 0 Å². The topological polar surface area (TPSA) is 57.0 Å². The van der Waals surface area contributed by atoms with E-state index < -0.39 is 0 Å². The molecule has 0 amide bonds. The normalized spacial score (nSPS) is 0. The van der Waals surface area contributed by atoms with Gasteiger partial charge in [-0.25, -0.2) is 0 Å². The quantitative estimate of drug-likeness (QED) is 0.523. The van der Waals surface area contributed by atoms with Crippen LogP contribution in [0.5, 0.6) is 0 Å². The number of rotatable bonds is 0. The Kier molecular flexibility index (Phi) is 199. The van der Waals surface area contributed by atoms with Crippen LogP contribution < -0.4 is 0 Å². The molecule has 0 saturated heterocycles. The van der Waals surface area contributed by atoms with Crippen molar-refractivity contribution in [2.24, 2.45) is 0 Å². The molecule has 0 bridgehead atoms. The van der Waals surface area contributed by atoms with Crippen LogP contribution in [0, 0.1) is 38.6 Å².